The topological polar surface area (TPSA) is 41.6 Å². The molecule has 3 nitrogen and oxygen atoms in total. The number of aromatic nitrogens is 3. The Balaban J connectivity index is 1.59. The number of benzene rings is 4. The van der Waals surface area contributed by atoms with E-state index in [4.69, 9.17) is 4.98 Å². The maximum absolute atomic E-state index is 14.7. The summed E-state index contributed by atoms with van der Waals surface area (Å²) in [5, 5.41) is 2.36. The highest BCUT2D eigenvalue weighted by molar-refractivity contribution is 6.16. The van der Waals surface area contributed by atoms with Gasteiger partial charge in [-0.05, 0) is 141 Å². The molecule has 3 heterocycles. The highest BCUT2D eigenvalue weighted by atomic mass is 19.1. The van der Waals surface area contributed by atoms with Crippen molar-refractivity contribution in [2.45, 2.75) is 92.4 Å². The lowest BCUT2D eigenvalue weighted by Gasteiger charge is -2.23. The number of pyridine rings is 2. The lowest BCUT2D eigenvalue weighted by molar-refractivity contribution is 0.585. The third-order valence-corrected chi connectivity index (χ3v) is 10.4. The first kappa shape index (κ1) is 35.3. The van der Waals surface area contributed by atoms with Crippen LogP contribution in [0.5, 0.6) is 0 Å². The number of hydrogen-bond donors (Lipinski definition) is 1. The molecule has 7 aromatic rings. The molecule has 0 radical (unpaired) electrons. The Morgan fingerprint density at radius 1 is 0.519 bits per heavy atom. The van der Waals surface area contributed by atoms with Crippen molar-refractivity contribution < 1.29 is 4.39 Å². The number of nitrogens with zero attached hydrogens (tertiary/aromatic N) is 2. The van der Waals surface area contributed by atoms with E-state index in [1.54, 1.807) is 6.07 Å². The molecule has 52 heavy (non-hydrogen) atoms. The highest BCUT2D eigenvalue weighted by Gasteiger charge is 2.25. The first-order valence-electron chi connectivity index (χ1n) is 18.3. The molecule has 0 aliphatic heterocycles. The summed E-state index contributed by atoms with van der Waals surface area (Å²) in [6.45, 7) is 24.8. The third-order valence-electron chi connectivity index (χ3n) is 10.4. The van der Waals surface area contributed by atoms with E-state index in [1.165, 1.54) is 50.2 Å². The predicted octanol–water partition coefficient (Wildman–Crippen LogP) is 13.4. The van der Waals surface area contributed by atoms with Gasteiger partial charge in [-0.25, -0.2) is 4.98 Å². The van der Waals surface area contributed by atoms with Gasteiger partial charge in [-0.15, -0.1) is 0 Å². The van der Waals surface area contributed by atoms with Crippen molar-refractivity contribution in [2.24, 2.45) is 0 Å². The van der Waals surface area contributed by atoms with Gasteiger partial charge in [0.25, 0.3) is 0 Å². The minimum Gasteiger partial charge on any atom is -0.353 e. The van der Waals surface area contributed by atoms with Gasteiger partial charge in [0.1, 0.15) is 0 Å². The van der Waals surface area contributed by atoms with Gasteiger partial charge >= 0.3 is 0 Å². The summed E-state index contributed by atoms with van der Waals surface area (Å²) < 4.78 is 14.7. The number of fused-ring (bicyclic) bond motifs is 3. The fraction of sp³-hybridized carbons (Fsp3) is 0.292. The largest absolute Gasteiger partial charge is 0.353 e. The summed E-state index contributed by atoms with van der Waals surface area (Å²) in [6.07, 6.45) is 1.86. The molecule has 0 unspecified atom stereocenters. The number of H-pyrrole nitrogens is 1. The Morgan fingerprint density at radius 3 is 1.60 bits per heavy atom. The minimum absolute atomic E-state index is 0.0299. The molecule has 0 atom stereocenters. The summed E-state index contributed by atoms with van der Waals surface area (Å²) >= 11 is 0. The number of hydrogen-bond acceptors (Lipinski definition) is 2. The molecule has 3 aromatic heterocycles. The lowest BCUT2D eigenvalue weighted by Crippen LogP contribution is -2.12. The van der Waals surface area contributed by atoms with Crippen LogP contribution in [0.3, 0.4) is 0 Å². The zero-order valence-electron chi connectivity index (χ0n) is 32.5. The minimum atomic E-state index is -0.490. The van der Waals surface area contributed by atoms with E-state index in [1.807, 2.05) is 18.3 Å². The van der Waals surface area contributed by atoms with Crippen LogP contribution in [0.1, 0.15) is 90.1 Å². The molecular weight excluding hydrogens is 638 g/mol. The van der Waals surface area contributed by atoms with Crippen LogP contribution in [0.25, 0.3) is 66.6 Å². The van der Waals surface area contributed by atoms with Crippen molar-refractivity contribution in [3.63, 3.8) is 0 Å². The van der Waals surface area contributed by atoms with Crippen LogP contribution in [-0.2, 0) is 16.2 Å². The maximum Gasteiger partial charge on any atom is 0.213 e. The van der Waals surface area contributed by atoms with E-state index in [9.17, 15) is 4.39 Å². The predicted molar refractivity (Wildman–Crippen MR) is 219 cm³/mol. The monoisotopic (exact) mass is 687 g/mol. The van der Waals surface area contributed by atoms with Crippen LogP contribution >= 0.6 is 0 Å². The van der Waals surface area contributed by atoms with Gasteiger partial charge in [-0.2, -0.15) is 4.39 Å². The Morgan fingerprint density at radius 2 is 1.04 bits per heavy atom. The van der Waals surface area contributed by atoms with E-state index in [2.05, 4.69) is 153 Å². The van der Waals surface area contributed by atoms with Crippen LogP contribution < -0.4 is 0 Å². The molecule has 4 aromatic carbocycles. The highest BCUT2D eigenvalue weighted by Crippen LogP contribution is 2.44. The van der Waals surface area contributed by atoms with Crippen molar-refractivity contribution >= 4 is 21.8 Å². The summed E-state index contributed by atoms with van der Waals surface area (Å²) in [6, 6.07) is 31.8. The molecule has 0 saturated carbocycles. The Labute approximate surface area is 308 Å². The van der Waals surface area contributed by atoms with E-state index in [-0.39, 0.29) is 16.2 Å². The molecule has 0 fully saturated rings. The van der Waals surface area contributed by atoms with Gasteiger partial charge in [0, 0.05) is 33.7 Å². The summed E-state index contributed by atoms with van der Waals surface area (Å²) in [5.41, 5.74) is 16.2. The molecule has 0 aliphatic rings. The van der Waals surface area contributed by atoms with Gasteiger partial charge in [-0.3, -0.25) is 4.98 Å². The zero-order chi connectivity index (χ0) is 37.3. The molecule has 7 rings (SSSR count). The number of aromatic amines is 1. The molecule has 264 valence electrons. The second-order valence-electron chi connectivity index (χ2n) is 17.6. The molecule has 0 aliphatic carbocycles. The molecule has 0 saturated heterocycles. The second kappa shape index (κ2) is 12.5. The van der Waals surface area contributed by atoms with E-state index >= 15 is 0 Å². The number of aryl methyl sites for hydroxylation is 2. The van der Waals surface area contributed by atoms with Gasteiger partial charge in [0.2, 0.25) is 5.95 Å². The van der Waals surface area contributed by atoms with Crippen LogP contribution in [0.15, 0.2) is 97.2 Å². The molecule has 0 amide bonds. The van der Waals surface area contributed by atoms with Crippen molar-refractivity contribution in [1.82, 2.24) is 15.0 Å². The summed E-state index contributed by atoms with van der Waals surface area (Å²) in [7, 11) is 0. The summed E-state index contributed by atoms with van der Waals surface area (Å²) in [5.74, 6) is -0.490. The van der Waals surface area contributed by atoms with E-state index in [0.717, 1.165) is 44.5 Å². The van der Waals surface area contributed by atoms with Crippen molar-refractivity contribution in [3.05, 3.63) is 131 Å². The van der Waals surface area contributed by atoms with Crippen molar-refractivity contribution in [3.8, 4) is 44.8 Å². The van der Waals surface area contributed by atoms with Crippen LogP contribution in [0, 0.1) is 19.8 Å². The Hall–Kier alpha value is -5.09. The lowest BCUT2D eigenvalue weighted by atomic mass is 9.81. The van der Waals surface area contributed by atoms with Gasteiger partial charge < -0.3 is 4.98 Å². The average molecular weight is 688 g/mol. The normalized spacial score (nSPS) is 12.6. The van der Waals surface area contributed by atoms with Gasteiger partial charge in [-0.1, -0.05) is 86.6 Å². The first-order chi connectivity index (χ1) is 24.4. The SMILES string of the molecule is Cc1cc(C(C)(C)C)cc(C)c1-c1cc(-c2cccc(F)n2)cc(-c2cc(C(C)(C)C)cc3c2[nH]c2c(-c4ccccn4)cc(C(C)(C)C)cc23)c1. The van der Waals surface area contributed by atoms with Gasteiger partial charge in [0.15, 0.2) is 0 Å². The van der Waals surface area contributed by atoms with Crippen molar-refractivity contribution in [1.29, 1.82) is 0 Å². The molecule has 1 N–H and O–H groups in total. The smallest absolute Gasteiger partial charge is 0.213 e. The number of rotatable bonds is 4. The number of nitrogens with one attached hydrogen (secondary N) is 1. The average Bonchev–Trinajstić information content (AvgIpc) is 3.45. The fourth-order valence-corrected chi connectivity index (χ4v) is 7.42. The standard InChI is InChI=1S/C48H50FN3/c1-28-19-33(46(3,4)5)20-29(2)43(28)32-22-30(21-31(23-32)40-16-14-17-42(49)51-40)36-24-34(47(6,7)8)25-37-38-26-35(48(9,10)11)27-39(45(38)52-44(36)37)41-15-12-13-18-50-41/h12-27,52H,1-11H3. The van der Waals surface area contributed by atoms with Crippen molar-refractivity contribution in [2.75, 3.05) is 0 Å². The third kappa shape index (κ3) is 6.56. The van der Waals surface area contributed by atoms with Crippen LogP contribution in [0.4, 0.5) is 4.39 Å². The zero-order valence-corrected chi connectivity index (χ0v) is 32.5. The van der Waals surface area contributed by atoms with Gasteiger partial charge in [0.05, 0.1) is 22.4 Å². The molecule has 0 bridgehead atoms. The second-order valence-corrected chi connectivity index (χ2v) is 17.6. The van der Waals surface area contributed by atoms with Crippen LogP contribution in [0.2, 0.25) is 0 Å². The summed E-state index contributed by atoms with van der Waals surface area (Å²) in [4.78, 5) is 13.1. The van der Waals surface area contributed by atoms with Crippen LogP contribution in [-0.4, -0.2) is 15.0 Å². The molecular formula is C48H50FN3. The Bertz CT molecular complexity index is 2460. The quantitative estimate of drug-likeness (QED) is 0.187. The van der Waals surface area contributed by atoms with E-state index in [0.29, 0.717) is 5.69 Å². The van der Waals surface area contributed by atoms with E-state index < -0.39 is 5.95 Å². The number of halogens is 1. The Kier molecular flexibility index (Phi) is 8.52. The maximum atomic E-state index is 14.7. The molecule has 4 heteroatoms. The molecule has 0 spiro atoms. The first-order valence-corrected chi connectivity index (χ1v) is 18.3. The fourth-order valence-electron chi connectivity index (χ4n) is 7.42.